The van der Waals surface area contributed by atoms with Crippen molar-refractivity contribution in [2.24, 2.45) is 0 Å². The Bertz CT molecular complexity index is 672. The first-order valence-electron chi connectivity index (χ1n) is 7.88. The summed E-state index contributed by atoms with van der Waals surface area (Å²) in [5, 5.41) is 2.90. The van der Waals surface area contributed by atoms with Gasteiger partial charge in [-0.15, -0.1) is 0 Å². The number of hydrogen-bond acceptors (Lipinski definition) is 4. The van der Waals surface area contributed by atoms with Crippen LogP contribution in [-0.2, 0) is 11.3 Å². The number of ether oxygens (including phenoxy) is 3. The molecular weight excluding hydrogens is 306 g/mol. The molecule has 0 aromatic heterocycles. The Kier molecular flexibility index (Phi) is 6.49. The summed E-state index contributed by atoms with van der Waals surface area (Å²) in [7, 11) is 3.21. The number of carbonyl (C=O) groups excluding carboxylic acids is 1. The van der Waals surface area contributed by atoms with E-state index in [2.05, 4.69) is 5.32 Å². The van der Waals surface area contributed by atoms with Crippen LogP contribution in [0.5, 0.6) is 17.2 Å². The van der Waals surface area contributed by atoms with Gasteiger partial charge >= 0.3 is 0 Å². The fourth-order valence-corrected chi connectivity index (χ4v) is 2.31. The summed E-state index contributed by atoms with van der Waals surface area (Å²) in [6.07, 6.45) is 0.00132. The van der Waals surface area contributed by atoms with Gasteiger partial charge in [0.25, 0.3) is 5.91 Å². The number of benzene rings is 2. The van der Waals surface area contributed by atoms with Crippen LogP contribution >= 0.6 is 0 Å². The van der Waals surface area contributed by atoms with E-state index in [4.69, 9.17) is 14.2 Å². The summed E-state index contributed by atoms with van der Waals surface area (Å²) in [5.41, 5.74) is 0.921. The van der Waals surface area contributed by atoms with Crippen molar-refractivity contribution in [1.29, 1.82) is 0 Å². The molecule has 0 aliphatic heterocycles. The van der Waals surface area contributed by atoms with Gasteiger partial charge in [0, 0.05) is 18.2 Å². The van der Waals surface area contributed by atoms with Gasteiger partial charge < -0.3 is 19.5 Å². The van der Waals surface area contributed by atoms with E-state index in [0.717, 1.165) is 11.3 Å². The van der Waals surface area contributed by atoms with Gasteiger partial charge in [0.15, 0.2) is 6.10 Å². The van der Waals surface area contributed by atoms with E-state index in [9.17, 15) is 4.79 Å². The second-order valence-corrected chi connectivity index (χ2v) is 5.22. The van der Waals surface area contributed by atoms with Crippen LogP contribution in [-0.4, -0.2) is 26.2 Å². The van der Waals surface area contributed by atoms with Gasteiger partial charge in [-0.2, -0.15) is 0 Å². The second-order valence-electron chi connectivity index (χ2n) is 5.22. The van der Waals surface area contributed by atoms with Crippen molar-refractivity contribution in [3.8, 4) is 17.2 Å². The summed E-state index contributed by atoms with van der Waals surface area (Å²) >= 11 is 0. The second kappa shape index (κ2) is 8.82. The molecule has 1 N–H and O–H groups in total. The highest BCUT2D eigenvalue weighted by Gasteiger charge is 2.18. The van der Waals surface area contributed by atoms with Crippen LogP contribution in [0.25, 0.3) is 0 Å². The maximum absolute atomic E-state index is 12.4. The average Bonchev–Trinajstić information content (AvgIpc) is 2.64. The summed E-state index contributed by atoms with van der Waals surface area (Å²) in [5.74, 6) is 1.89. The first-order valence-corrected chi connectivity index (χ1v) is 7.88. The van der Waals surface area contributed by atoms with Gasteiger partial charge in [-0.25, -0.2) is 0 Å². The molecule has 24 heavy (non-hydrogen) atoms. The molecule has 2 rings (SSSR count). The molecule has 0 spiro atoms. The van der Waals surface area contributed by atoms with Gasteiger partial charge in [-0.05, 0) is 24.6 Å². The van der Waals surface area contributed by atoms with Crippen LogP contribution in [0.2, 0.25) is 0 Å². The van der Waals surface area contributed by atoms with Gasteiger partial charge in [0.2, 0.25) is 0 Å². The average molecular weight is 329 g/mol. The van der Waals surface area contributed by atoms with E-state index in [1.165, 1.54) is 0 Å². The molecule has 0 radical (unpaired) electrons. The molecule has 0 bridgehead atoms. The monoisotopic (exact) mass is 329 g/mol. The molecule has 1 unspecified atom stereocenters. The zero-order chi connectivity index (χ0) is 17.4. The molecule has 1 amide bonds. The predicted octanol–water partition coefficient (Wildman–Crippen LogP) is 3.18. The van der Waals surface area contributed by atoms with Crippen molar-refractivity contribution in [2.45, 2.75) is 26.0 Å². The van der Waals surface area contributed by atoms with Crippen LogP contribution in [0, 0.1) is 0 Å². The van der Waals surface area contributed by atoms with Crippen molar-refractivity contribution in [1.82, 2.24) is 5.32 Å². The molecule has 5 heteroatoms. The Labute approximate surface area is 142 Å². The fraction of sp³-hybridized carbons (Fsp3) is 0.316. The number of methoxy groups -OCH3 is 2. The number of carbonyl (C=O) groups is 1. The zero-order valence-corrected chi connectivity index (χ0v) is 14.2. The van der Waals surface area contributed by atoms with Crippen molar-refractivity contribution in [2.75, 3.05) is 14.2 Å². The lowest BCUT2D eigenvalue weighted by molar-refractivity contribution is -0.128. The molecule has 5 nitrogen and oxygen atoms in total. The van der Waals surface area contributed by atoms with Crippen LogP contribution in [0.1, 0.15) is 18.9 Å². The molecule has 2 aromatic carbocycles. The molecule has 2 aromatic rings. The Hall–Kier alpha value is -2.69. The van der Waals surface area contributed by atoms with Crippen LogP contribution in [0.3, 0.4) is 0 Å². The van der Waals surface area contributed by atoms with Gasteiger partial charge in [0.05, 0.1) is 14.2 Å². The van der Waals surface area contributed by atoms with Crippen molar-refractivity contribution < 1.29 is 19.0 Å². The van der Waals surface area contributed by atoms with Gasteiger partial charge in [-0.3, -0.25) is 4.79 Å². The predicted molar refractivity (Wildman–Crippen MR) is 92.5 cm³/mol. The molecule has 0 heterocycles. The highest BCUT2D eigenvalue weighted by Crippen LogP contribution is 2.21. The normalized spacial score (nSPS) is 11.5. The van der Waals surface area contributed by atoms with Crippen molar-refractivity contribution >= 4 is 5.91 Å². The first-order chi connectivity index (χ1) is 11.7. The van der Waals surface area contributed by atoms with Gasteiger partial charge in [0.1, 0.15) is 17.2 Å². The number of amides is 1. The zero-order valence-electron chi connectivity index (χ0n) is 14.2. The van der Waals surface area contributed by atoms with Crippen LogP contribution in [0.4, 0.5) is 0 Å². The third-order valence-corrected chi connectivity index (χ3v) is 3.63. The summed E-state index contributed by atoms with van der Waals surface area (Å²) < 4.78 is 16.2. The van der Waals surface area contributed by atoms with Crippen LogP contribution < -0.4 is 19.5 Å². The number of rotatable bonds is 8. The molecule has 0 aliphatic carbocycles. The topological polar surface area (TPSA) is 56.8 Å². The van der Waals surface area contributed by atoms with E-state index >= 15 is 0 Å². The third kappa shape index (κ3) is 4.65. The minimum Gasteiger partial charge on any atom is -0.497 e. The summed E-state index contributed by atoms with van der Waals surface area (Å²) in [6, 6.07) is 14.8. The molecule has 1 atom stereocenters. The highest BCUT2D eigenvalue weighted by molar-refractivity contribution is 5.81. The lowest BCUT2D eigenvalue weighted by atomic mass is 10.2. The highest BCUT2D eigenvalue weighted by atomic mass is 16.5. The molecule has 0 saturated heterocycles. The Morgan fingerprint density at radius 2 is 1.79 bits per heavy atom. The Morgan fingerprint density at radius 3 is 2.50 bits per heavy atom. The lowest BCUT2D eigenvalue weighted by Crippen LogP contribution is -2.37. The molecule has 0 fully saturated rings. The maximum Gasteiger partial charge on any atom is 0.261 e. The maximum atomic E-state index is 12.4. The van der Waals surface area contributed by atoms with Crippen molar-refractivity contribution in [3.05, 3.63) is 54.1 Å². The molecule has 0 saturated carbocycles. The van der Waals surface area contributed by atoms with Crippen molar-refractivity contribution in [3.63, 3.8) is 0 Å². The van der Waals surface area contributed by atoms with E-state index in [-0.39, 0.29) is 5.91 Å². The molecular formula is C19H23NO4. The fourth-order valence-electron chi connectivity index (χ4n) is 2.31. The number of hydrogen-bond donors (Lipinski definition) is 1. The molecule has 128 valence electrons. The Balaban J connectivity index is 1.98. The SMILES string of the molecule is CCC(Oc1cccc(OC)c1)C(=O)NCc1ccccc1OC. The first kappa shape index (κ1) is 17.7. The van der Waals surface area contributed by atoms with Gasteiger partial charge in [-0.1, -0.05) is 31.2 Å². The van der Waals surface area contributed by atoms with Crippen LogP contribution in [0.15, 0.2) is 48.5 Å². The summed E-state index contributed by atoms with van der Waals surface area (Å²) in [4.78, 5) is 12.4. The largest absolute Gasteiger partial charge is 0.497 e. The number of nitrogens with one attached hydrogen (secondary N) is 1. The minimum absolute atomic E-state index is 0.161. The standard InChI is InChI=1S/C19H23NO4/c1-4-17(24-16-10-7-9-15(12-16)22-2)19(21)20-13-14-8-5-6-11-18(14)23-3/h5-12,17H,4,13H2,1-3H3,(H,20,21). The van der Waals surface area contributed by atoms with E-state index in [1.54, 1.807) is 26.4 Å². The Morgan fingerprint density at radius 1 is 1.04 bits per heavy atom. The van der Waals surface area contributed by atoms with E-state index in [1.807, 2.05) is 43.3 Å². The summed E-state index contributed by atoms with van der Waals surface area (Å²) in [6.45, 7) is 2.30. The van der Waals surface area contributed by atoms with E-state index in [0.29, 0.717) is 24.5 Å². The lowest BCUT2D eigenvalue weighted by Gasteiger charge is -2.18. The quantitative estimate of drug-likeness (QED) is 0.808. The number of para-hydroxylation sites is 1. The smallest absolute Gasteiger partial charge is 0.261 e. The third-order valence-electron chi connectivity index (χ3n) is 3.63. The molecule has 0 aliphatic rings. The van der Waals surface area contributed by atoms with E-state index < -0.39 is 6.10 Å². The minimum atomic E-state index is -0.563.